The van der Waals surface area contributed by atoms with E-state index in [4.69, 9.17) is 0 Å². The van der Waals surface area contributed by atoms with E-state index in [1.54, 1.807) is 0 Å². The van der Waals surface area contributed by atoms with Gasteiger partial charge in [-0.05, 0) is 0 Å². The predicted molar refractivity (Wildman–Crippen MR) is 52.4 cm³/mol. The van der Waals surface area contributed by atoms with E-state index in [1.165, 1.54) is 11.1 Å². The summed E-state index contributed by atoms with van der Waals surface area (Å²) in [7, 11) is 0. The average molecular weight is 409 g/mol. The van der Waals surface area contributed by atoms with Gasteiger partial charge in [-0.1, -0.05) is 13.8 Å². The molecule has 0 aromatic rings. The van der Waals surface area contributed by atoms with Gasteiger partial charge >= 0.3 is 26.2 Å². The number of halogens is 2. The summed E-state index contributed by atoms with van der Waals surface area (Å²) in [6, 6.07) is 0. The molecular weight excluding hydrogens is 395 g/mol. The van der Waals surface area contributed by atoms with Crippen molar-refractivity contribution in [3.05, 3.63) is 47.6 Å². The van der Waals surface area contributed by atoms with Crippen LogP contribution in [0, 0.1) is 12.2 Å². The number of hydrogen-bond acceptors (Lipinski definition) is 0. The van der Waals surface area contributed by atoms with Crippen LogP contribution in [0.15, 0.2) is 35.5 Å². The second-order valence-electron chi connectivity index (χ2n) is 2.93. The third-order valence-corrected chi connectivity index (χ3v) is 1.73. The fourth-order valence-electron chi connectivity index (χ4n) is 1.03. The Bertz CT molecular complexity index is 229. The average Bonchev–Trinajstić information content (AvgIpc) is 2.63. The van der Waals surface area contributed by atoms with Crippen molar-refractivity contribution in [2.45, 2.75) is 26.7 Å². The standard InChI is InChI=1S/2C6H7.2BrH.Zr/c2*1-6-4-2-3-5-6;;;/h2*2,4H,3H2,1H3;2*1H;/q2*-1;;;+4/p-2. The van der Waals surface area contributed by atoms with Crippen molar-refractivity contribution < 1.29 is 60.2 Å². The Balaban J connectivity index is -0.000000160. The second kappa shape index (κ2) is 12.9. The van der Waals surface area contributed by atoms with Crippen molar-refractivity contribution in [3.8, 4) is 0 Å². The number of hydrogen-bond donors (Lipinski definition) is 0. The van der Waals surface area contributed by atoms with Gasteiger partial charge in [0.05, 0.1) is 0 Å². The fourth-order valence-corrected chi connectivity index (χ4v) is 1.03. The first-order valence-corrected chi connectivity index (χ1v) is 4.27. The zero-order valence-electron chi connectivity index (χ0n) is 8.98. The summed E-state index contributed by atoms with van der Waals surface area (Å²) < 4.78 is 0. The maximum absolute atomic E-state index is 3.12. The third-order valence-electron chi connectivity index (χ3n) is 1.73. The maximum Gasteiger partial charge on any atom is 4.00 e. The molecule has 2 rings (SSSR count). The van der Waals surface area contributed by atoms with Crippen LogP contribution in [0.3, 0.4) is 0 Å². The van der Waals surface area contributed by atoms with Gasteiger partial charge in [-0.25, -0.2) is 23.3 Å². The molecule has 0 radical (unpaired) electrons. The minimum absolute atomic E-state index is 0. The normalized spacial score (nSPS) is 14.8. The van der Waals surface area contributed by atoms with Crippen molar-refractivity contribution in [2.24, 2.45) is 0 Å². The molecule has 15 heavy (non-hydrogen) atoms. The zero-order valence-corrected chi connectivity index (χ0v) is 14.6. The van der Waals surface area contributed by atoms with E-state index in [9.17, 15) is 0 Å². The molecular formula is C12H14Br2Zr. The van der Waals surface area contributed by atoms with Crippen LogP contribution in [0.1, 0.15) is 26.7 Å². The third kappa shape index (κ3) is 11.1. The molecule has 0 heterocycles. The second-order valence-corrected chi connectivity index (χ2v) is 2.93. The van der Waals surface area contributed by atoms with Crippen LogP contribution in [-0.2, 0) is 26.2 Å². The molecule has 0 spiro atoms. The molecule has 0 amide bonds. The van der Waals surface area contributed by atoms with Gasteiger partial charge in [-0.2, -0.15) is 12.2 Å². The Morgan fingerprint density at radius 3 is 1.27 bits per heavy atom. The number of rotatable bonds is 0. The molecule has 0 N–H and O–H groups in total. The van der Waals surface area contributed by atoms with Crippen LogP contribution in [0.5, 0.6) is 0 Å². The van der Waals surface area contributed by atoms with E-state index >= 15 is 0 Å². The first-order valence-electron chi connectivity index (χ1n) is 4.27. The van der Waals surface area contributed by atoms with Crippen molar-refractivity contribution in [1.29, 1.82) is 0 Å². The van der Waals surface area contributed by atoms with Crippen molar-refractivity contribution in [3.63, 3.8) is 0 Å². The molecule has 2 aliphatic carbocycles. The molecule has 0 fully saturated rings. The molecule has 0 saturated carbocycles. The Labute approximate surface area is 133 Å². The molecule has 80 valence electrons. The summed E-state index contributed by atoms with van der Waals surface area (Å²) in [6.45, 7) is 4.12. The van der Waals surface area contributed by atoms with Gasteiger partial charge in [0.25, 0.3) is 0 Å². The van der Waals surface area contributed by atoms with Gasteiger partial charge in [0.15, 0.2) is 0 Å². The van der Waals surface area contributed by atoms with E-state index in [1.807, 2.05) is 0 Å². The van der Waals surface area contributed by atoms with Crippen LogP contribution in [0.4, 0.5) is 0 Å². The van der Waals surface area contributed by atoms with Gasteiger partial charge in [0.1, 0.15) is 0 Å². The van der Waals surface area contributed by atoms with Crippen molar-refractivity contribution >= 4 is 0 Å². The molecule has 2 aliphatic rings. The molecule has 0 unspecified atom stereocenters. The summed E-state index contributed by atoms with van der Waals surface area (Å²) in [6.07, 6.45) is 16.7. The Morgan fingerprint density at radius 2 is 1.20 bits per heavy atom. The monoisotopic (exact) mass is 406 g/mol. The summed E-state index contributed by atoms with van der Waals surface area (Å²) in [4.78, 5) is 0. The van der Waals surface area contributed by atoms with Gasteiger partial charge in [0.2, 0.25) is 0 Å². The predicted octanol–water partition coefficient (Wildman–Crippen LogP) is -2.60. The zero-order chi connectivity index (χ0) is 8.81. The van der Waals surface area contributed by atoms with Gasteiger partial charge in [-0.3, -0.25) is 12.2 Å². The SMILES string of the molecule is CC1=[C-]CC=C1.CC1=[C-]CC=C1.[Br-].[Br-].[Zr+4]. The Kier molecular flexibility index (Phi) is 18.1. The van der Waals surface area contributed by atoms with Gasteiger partial charge < -0.3 is 34.0 Å². The van der Waals surface area contributed by atoms with Gasteiger partial charge in [0, 0.05) is 0 Å². The van der Waals surface area contributed by atoms with Crippen molar-refractivity contribution in [2.75, 3.05) is 0 Å². The minimum Gasteiger partial charge on any atom is -1.00 e. The molecule has 0 atom stereocenters. The van der Waals surface area contributed by atoms with E-state index < -0.39 is 0 Å². The smallest absolute Gasteiger partial charge is 1.00 e. The van der Waals surface area contributed by atoms with Crippen LogP contribution >= 0.6 is 0 Å². The summed E-state index contributed by atoms with van der Waals surface area (Å²) in [5.74, 6) is 0. The summed E-state index contributed by atoms with van der Waals surface area (Å²) in [5, 5.41) is 0. The van der Waals surface area contributed by atoms with Crippen LogP contribution in [0.2, 0.25) is 0 Å². The molecule has 0 aromatic carbocycles. The van der Waals surface area contributed by atoms with Crippen LogP contribution < -0.4 is 34.0 Å². The van der Waals surface area contributed by atoms with Crippen LogP contribution in [-0.4, -0.2) is 0 Å². The van der Waals surface area contributed by atoms with Crippen LogP contribution in [0.25, 0.3) is 0 Å². The van der Waals surface area contributed by atoms with E-state index in [-0.39, 0.29) is 60.2 Å². The molecule has 0 bridgehead atoms. The number of allylic oxidation sites excluding steroid dienone is 8. The summed E-state index contributed by atoms with van der Waals surface area (Å²) in [5.41, 5.74) is 2.55. The minimum atomic E-state index is 0. The maximum atomic E-state index is 3.12. The van der Waals surface area contributed by atoms with E-state index in [0.717, 1.165) is 12.8 Å². The fraction of sp³-hybridized carbons (Fsp3) is 0.333. The van der Waals surface area contributed by atoms with E-state index in [0.29, 0.717) is 0 Å². The quantitative estimate of drug-likeness (QED) is 0.385. The Hall–Kier alpha value is 0.803. The largest absolute Gasteiger partial charge is 4.00 e. The topological polar surface area (TPSA) is 0 Å². The molecule has 0 saturated heterocycles. The molecule has 3 heteroatoms. The first-order chi connectivity index (χ1) is 5.79. The molecule has 0 nitrogen and oxygen atoms in total. The van der Waals surface area contributed by atoms with E-state index in [2.05, 4.69) is 50.3 Å². The molecule has 0 aromatic heterocycles. The van der Waals surface area contributed by atoms with Crippen molar-refractivity contribution in [1.82, 2.24) is 0 Å². The first kappa shape index (κ1) is 21.1. The van der Waals surface area contributed by atoms with Gasteiger partial charge in [-0.15, -0.1) is 12.8 Å². The molecule has 0 aliphatic heterocycles. The Morgan fingerprint density at radius 1 is 0.867 bits per heavy atom. The summed E-state index contributed by atoms with van der Waals surface area (Å²) >= 11 is 0.